The van der Waals surface area contributed by atoms with E-state index in [-0.39, 0.29) is 5.97 Å². The van der Waals surface area contributed by atoms with Gasteiger partial charge in [-0.2, -0.15) is 0 Å². The average Bonchev–Trinajstić information content (AvgIpc) is 2.56. The third kappa shape index (κ3) is 19.1. The number of allylic oxidation sites excluding steroid dienone is 1. The van der Waals surface area contributed by atoms with Crippen LogP contribution in [-0.2, 0) is 9.53 Å². The molecular formula is C20H39NO2. The predicted molar refractivity (Wildman–Crippen MR) is 99.5 cm³/mol. The Morgan fingerprint density at radius 3 is 1.78 bits per heavy atom. The molecule has 0 aliphatic heterocycles. The second-order valence-corrected chi connectivity index (χ2v) is 6.39. The third-order valence-corrected chi connectivity index (χ3v) is 4.09. The van der Waals surface area contributed by atoms with E-state index in [4.69, 9.17) is 10.5 Å². The molecule has 0 saturated carbocycles. The van der Waals surface area contributed by atoms with Crippen LogP contribution in [0.3, 0.4) is 0 Å². The lowest BCUT2D eigenvalue weighted by Gasteiger charge is -2.02. The van der Waals surface area contributed by atoms with Crippen LogP contribution >= 0.6 is 0 Å². The summed E-state index contributed by atoms with van der Waals surface area (Å²) in [6, 6.07) is 0. The van der Waals surface area contributed by atoms with Crippen LogP contribution in [0, 0.1) is 0 Å². The molecule has 2 N–H and O–H groups in total. The molecule has 3 nitrogen and oxygen atoms in total. The van der Waals surface area contributed by atoms with E-state index in [0.717, 1.165) is 12.8 Å². The van der Waals surface area contributed by atoms with Gasteiger partial charge in [-0.15, -0.1) is 0 Å². The lowest BCUT2D eigenvalue weighted by molar-refractivity contribution is -0.137. The lowest BCUT2D eigenvalue weighted by atomic mass is 10.0. The van der Waals surface area contributed by atoms with Crippen molar-refractivity contribution in [3.8, 4) is 0 Å². The Balaban J connectivity index is 3.13. The normalized spacial score (nSPS) is 11.2. The molecule has 0 aliphatic carbocycles. The van der Waals surface area contributed by atoms with Gasteiger partial charge in [-0.05, 0) is 12.8 Å². The Labute approximate surface area is 144 Å². The first-order chi connectivity index (χ1) is 11.3. The molecule has 0 bridgehead atoms. The summed E-state index contributed by atoms with van der Waals surface area (Å²) >= 11 is 0. The molecule has 0 amide bonds. The van der Waals surface area contributed by atoms with Gasteiger partial charge in [0.15, 0.2) is 0 Å². The number of rotatable bonds is 17. The van der Waals surface area contributed by atoms with Gasteiger partial charge in [0.1, 0.15) is 6.61 Å². The fourth-order valence-electron chi connectivity index (χ4n) is 2.67. The maximum Gasteiger partial charge on any atom is 0.330 e. The molecular weight excluding hydrogens is 286 g/mol. The van der Waals surface area contributed by atoms with E-state index in [1.165, 1.54) is 83.1 Å². The number of carbonyl (C=O) groups excluding carboxylic acids is 1. The zero-order valence-electron chi connectivity index (χ0n) is 15.4. The molecule has 0 saturated heterocycles. The molecule has 0 aromatic heterocycles. The molecule has 0 heterocycles. The van der Waals surface area contributed by atoms with Gasteiger partial charge in [0.2, 0.25) is 0 Å². The number of unbranched alkanes of at least 4 members (excludes halogenated alkanes) is 13. The van der Waals surface area contributed by atoms with Gasteiger partial charge in [-0.3, -0.25) is 0 Å². The van der Waals surface area contributed by atoms with Gasteiger partial charge in [-0.1, -0.05) is 90.0 Å². The monoisotopic (exact) mass is 325 g/mol. The molecule has 0 aliphatic rings. The van der Waals surface area contributed by atoms with Crippen molar-refractivity contribution in [2.45, 2.75) is 96.8 Å². The van der Waals surface area contributed by atoms with Crippen LogP contribution < -0.4 is 5.73 Å². The smallest absolute Gasteiger partial charge is 0.330 e. The maximum atomic E-state index is 11.2. The van der Waals surface area contributed by atoms with Crippen molar-refractivity contribution in [2.75, 3.05) is 13.2 Å². The van der Waals surface area contributed by atoms with Gasteiger partial charge < -0.3 is 10.5 Å². The summed E-state index contributed by atoms with van der Waals surface area (Å²) in [5.74, 6) is -0.273. The molecule has 0 aromatic carbocycles. The molecule has 0 spiro atoms. The first-order valence-corrected chi connectivity index (χ1v) is 9.84. The van der Waals surface area contributed by atoms with E-state index in [2.05, 4.69) is 6.92 Å². The van der Waals surface area contributed by atoms with Crippen LogP contribution in [0.4, 0.5) is 0 Å². The third-order valence-electron chi connectivity index (χ3n) is 4.09. The molecule has 0 aromatic rings. The number of carbonyl (C=O) groups is 1. The molecule has 3 heteroatoms. The van der Waals surface area contributed by atoms with Crippen LogP contribution in [0.15, 0.2) is 12.2 Å². The van der Waals surface area contributed by atoms with Crippen LogP contribution in [0.5, 0.6) is 0 Å². The summed E-state index contributed by atoms with van der Waals surface area (Å²) in [7, 11) is 0. The minimum absolute atomic E-state index is 0.273. The second kappa shape index (κ2) is 19.2. The van der Waals surface area contributed by atoms with Crippen LogP contribution in [-0.4, -0.2) is 19.1 Å². The topological polar surface area (TPSA) is 52.3 Å². The summed E-state index contributed by atoms with van der Waals surface area (Å²) in [6.07, 6.45) is 22.2. The highest BCUT2D eigenvalue weighted by Crippen LogP contribution is 2.12. The van der Waals surface area contributed by atoms with Crippen molar-refractivity contribution >= 4 is 5.97 Å². The highest BCUT2D eigenvalue weighted by molar-refractivity contribution is 5.81. The van der Waals surface area contributed by atoms with Gasteiger partial charge >= 0.3 is 5.97 Å². The van der Waals surface area contributed by atoms with Crippen LogP contribution in [0.1, 0.15) is 96.8 Å². The maximum absolute atomic E-state index is 11.2. The van der Waals surface area contributed by atoms with Crippen molar-refractivity contribution in [1.29, 1.82) is 0 Å². The summed E-state index contributed by atoms with van der Waals surface area (Å²) in [4.78, 5) is 11.2. The van der Waals surface area contributed by atoms with Gasteiger partial charge in [-0.25, -0.2) is 4.79 Å². The van der Waals surface area contributed by atoms with E-state index in [9.17, 15) is 4.79 Å². The summed E-state index contributed by atoms with van der Waals surface area (Å²) in [5, 5.41) is 0. The van der Waals surface area contributed by atoms with Crippen molar-refractivity contribution < 1.29 is 9.53 Å². The lowest BCUT2D eigenvalue weighted by Crippen LogP contribution is -2.11. The minimum Gasteiger partial charge on any atom is -0.461 e. The number of ether oxygens (including phenoxy) is 1. The van der Waals surface area contributed by atoms with Crippen molar-refractivity contribution in [2.24, 2.45) is 5.73 Å². The Morgan fingerprint density at radius 1 is 0.826 bits per heavy atom. The SMILES string of the molecule is CCCCCCCCCCCCCCCC=CC(=O)OCCN. The molecule has 136 valence electrons. The van der Waals surface area contributed by atoms with Crippen molar-refractivity contribution in [3.63, 3.8) is 0 Å². The molecule has 0 radical (unpaired) electrons. The Morgan fingerprint density at radius 2 is 1.30 bits per heavy atom. The minimum atomic E-state index is -0.273. The van der Waals surface area contributed by atoms with E-state index in [1.807, 2.05) is 6.08 Å². The Kier molecular flexibility index (Phi) is 18.5. The number of hydrogen-bond donors (Lipinski definition) is 1. The largest absolute Gasteiger partial charge is 0.461 e. The van der Waals surface area contributed by atoms with E-state index in [1.54, 1.807) is 0 Å². The van der Waals surface area contributed by atoms with Crippen LogP contribution in [0.25, 0.3) is 0 Å². The molecule has 0 fully saturated rings. The zero-order valence-corrected chi connectivity index (χ0v) is 15.4. The molecule has 0 atom stereocenters. The highest BCUT2D eigenvalue weighted by atomic mass is 16.5. The van der Waals surface area contributed by atoms with E-state index < -0.39 is 0 Å². The van der Waals surface area contributed by atoms with Crippen molar-refractivity contribution in [3.05, 3.63) is 12.2 Å². The number of hydrogen-bond acceptors (Lipinski definition) is 3. The quantitative estimate of drug-likeness (QED) is 0.217. The number of esters is 1. The van der Waals surface area contributed by atoms with Gasteiger partial charge in [0.25, 0.3) is 0 Å². The van der Waals surface area contributed by atoms with Gasteiger partial charge in [0, 0.05) is 12.6 Å². The number of nitrogens with two attached hydrogens (primary N) is 1. The first-order valence-electron chi connectivity index (χ1n) is 9.84. The average molecular weight is 326 g/mol. The molecule has 0 rings (SSSR count). The Bertz CT molecular complexity index is 277. The Hall–Kier alpha value is -0.830. The highest BCUT2D eigenvalue weighted by Gasteiger charge is 1.95. The fourth-order valence-corrected chi connectivity index (χ4v) is 2.67. The summed E-state index contributed by atoms with van der Waals surface area (Å²) < 4.78 is 4.86. The van der Waals surface area contributed by atoms with Crippen molar-refractivity contribution in [1.82, 2.24) is 0 Å². The van der Waals surface area contributed by atoms with E-state index in [0.29, 0.717) is 13.2 Å². The summed E-state index contributed by atoms with van der Waals surface area (Å²) in [5.41, 5.74) is 5.26. The zero-order chi connectivity index (χ0) is 17.0. The van der Waals surface area contributed by atoms with Gasteiger partial charge in [0.05, 0.1) is 0 Å². The van der Waals surface area contributed by atoms with E-state index >= 15 is 0 Å². The first kappa shape index (κ1) is 22.2. The fraction of sp³-hybridized carbons (Fsp3) is 0.850. The predicted octanol–water partition coefficient (Wildman–Crippen LogP) is 5.53. The second-order valence-electron chi connectivity index (χ2n) is 6.39. The van der Waals surface area contributed by atoms with Crippen LogP contribution in [0.2, 0.25) is 0 Å². The molecule has 23 heavy (non-hydrogen) atoms. The summed E-state index contributed by atoms with van der Waals surface area (Å²) in [6.45, 7) is 2.97. The standard InChI is InChI=1S/C20H39NO2/c1-2-3-4-5-6-7-8-9-10-11-12-13-14-15-16-17-20(22)23-19-18-21/h16-17H,2-15,18-19,21H2,1H3. The molecule has 0 unspecified atom stereocenters.